The Bertz CT molecular complexity index is 773. The lowest BCUT2D eigenvalue weighted by molar-refractivity contribution is 0.0904. The van der Waals surface area contributed by atoms with Gasteiger partial charge in [0.15, 0.2) is 0 Å². The van der Waals surface area contributed by atoms with Crippen LogP contribution in [0.3, 0.4) is 0 Å². The molecule has 5 heteroatoms. The predicted molar refractivity (Wildman–Crippen MR) is 109 cm³/mol. The molecule has 27 heavy (non-hydrogen) atoms. The number of hydrogen-bond donors (Lipinski definition) is 1. The Morgan fingerprint density at radius 1 is 1.26 bits per heavy atom. The molecule has 3 rings (SSSR count). The normalized spacial score (nSPS) is 21.8. The molecule has 3 heterocycles. The van der Waals surface area contributed by atoms with E-state index in [0.29, 0.717) is 0 Å². The third kappa shape index (κ3) is 4.59. The summed E-state index contributed by atoms with van der Waals surface area (Å²) in [7, 11) is 0. The van der Waals surface area contributed by atoms with Gasteiger partial charge in [0, 0.05) is 43.3 Å². The molecular formula is C22H32N4O. The lowest BCUT2D eigenvalue weighted by atomic mass is 9.92. The number of aryl methyl sites for hydroxylation is 1. The topological polar surface area (TPSA) is 50.2 Å². The molecule has 2 aromatic rings. The summed E-state index contributed by atoms with van der Waals surface area (Å²) in [6, 6.07) is 7.90. The van der Waals surface area contributed by atoms with Crippen molar-refractivity contribution in [3.8, 4) is 5.82 Å². The van der Waals surface area contributed by atoms with E-state index in [9.17, 15) is 4.79 Å². The summed E-state index contributed by atoms with van der Waals surface area (Å²) in [5.41, 5.74) is 2.67. The van der Waals surface area contributed by atoms with Crippen molar-refractivity contribution in [2.24, 2.45) is 11.8 Å². The zero-order valence-electron chi connectivity index (χ0n) is 17.2. The van der Waals surface area contributed by atoms with E-state index in [0.717, 1.165) is 54.2 Å². The molecule has 146 valence electrons. The summed E-state index contributed by atoms with van der Waals surface area (Å²) in [4.78, 5) is 19.8. The summed E-state index contributed by atoms with van der Waals surface area (Å²) in [5.74, 6) is 2.30. The SMILES string of the molecule is Cc1cc(C(=O)NC(C)CN2CC(C)CC(C)C2)c(C)n1-c1ccccn1. The van der Waals surface area contributed by atoms with Crippen LogP contribution in [-0.2, 0) is 0 Å². The average molecular weight is 369 g/mol. The van der Waals surface area contributed by atoms with Crippen molar-refractivity contribution in [2.75, 3.05) is 19.6 Å². The highest BCUT2D eigenvalue weighted by molar-refractivity contribution is 5.96. The maximum Gasteiger partial charge on any atom is 0.253 e. The monoisotopic (exact) mass is 368 g/mol. The zero-order chi connectivity index (χ0) is 19.6. The molecule has 0 aliphatic carbocycles. The average Bonchev–Trinajstić information content (AvgIpc) is 2.89. The number of rotatable bonds is 5. The van der Waals surface area contributed by atoms with Gasteiger partial charge >= 0.3 is 0 Å². The number of carbonyl (C=O) groups excluding carboxylic acids is 1. The summed E-state index contributed by atoms with van der Waals surface area (Å²) >= 11 is 0. The van der Waals surface area contributed by atoms with Crippen LogP contribution < -0.4 is 5.32 Å². The fourth-order valence-corrected chi connectivity index (χ4v) is 4.51. The van der Waals surface area contributed by atoms with Crippen LogP contribution in [0.1, 0.15) is 48.9 Å². The third-order valence-electron chi connectivity index (χ3n) is 5.41. The number of aromatic nitrogens is 2. The summed E-state index contributed by atoms with van der Waals surface area (Å²) < 4.78 is 2.04. The van der Waals surface area contributed by atoms with E-state index in [4.69, 9.17) is 0 Å². The molecule has 1 aliphatic rings. The molecule has 1 amide bonds. The summed E-state index contributed by atoms with van der Waals surface area (Å²) in [6.07, 6.45) is 3.08. The van der Waals surface area contributed by atoms with E-state index in [2.05, 4.69) is 36.0 Å². The van der Waals surface area contributed by atoms with Crippen molar-refractivity contribution in [1.82, 2.24) is 19.8 Å². The number of likely N-dealkylation sites (tertiary alicyclic amines) is 1. The fourth-order valence-electron chi connectivity index (χ4n) is 4.51. The van der Waals surface area contributed by atoms with Gasteiger partial charge in [0.1, 0.15) is 5.82 Å². The number of nitrogens with zero attached hydrogens (tertiary/aromatic N) is 3. The Balaban J connectivity index is 1.68. The smallest absolute Gasteiger partial charge is 0.253 e. The Morgan fingerprint density at radius 3 is 2.59 bits per heavy atom. The number of carbonyl (C=O) groups is 1. The van der Waals surface area contributed by atoms with Crippen LogP contribution in [0.2, 0.25) is 0 Å². The summed E-state index contributed by atoms with van der Waals surface area (Å²) in [6.45, 7) is 13.9. The highest BCUT2D eigenvalue weighted by Gasteiger charge is 2.24. The van der Waals surface area contributed by atoms with Crippen LogP contribution in [0.15, 0.2) is 30.5 Å². The molecule has 1 N–H and O–H groups in total. The number of nitrogens with one attached hydrogen (secondary N) is 1. The van der Waals surface area contributed by atoms with Crippen LogP contribution in [0, 0.1) is 25.7 Å². The van der Waals surface area contributed by atoms with Gasteiger partial charge in [-0.05, 0) is 57.2 Å². The highest BCUT2D eigenvalue weighted by Crippen LogP contribution is 2.22. The molecule has 0 spiro atoms. The number of amides is 1. The molecule has 1 aliphatic heterocycles. The van der Waals surface area contributed by atoms with Gasteiger partial charge in [-0.3, -0.25) is 4.79 Å². The molecule has 5 nitrogen and oxygen atoms in total. The van der Waals surface area contributed by atoms with Gasteiger partial charge in [-0.1, -0.05) is 19.9 Å². The first-order chi connectivity index (χ1) is 12.8. The molecule has 0 saturated carbocycles. The van der Waals surface area contributed by atoms with Crippen LogP contribution in [0.4, 0.5) is 0 Å². The van der Waals surface area contributed by atoms with Gasteiger partial charge in [-0.25, -0.2) is 4.98 Å². The van der Waals surface area contributed by atoms with Crippen molar-refractivity contribution in [3.05, 3.63) is 47.4 Å². The van der Waals surface area contributed by atoms with Crippen LogP contribution >= 0.6 is 0 Å². The largest absolute Gasteiger partial charge is 0.348 e. The van der Waals surface area contributed by atoms with Gasteiger partial charge in [0.05, 0.1) is 5.56 Å². The zero-order valence-corrected chi connectivity index (χ0v) is 17.2. The van der Waals surface area contributed by atoms with E-state index < -0.39 is 0 Å². The lowest BCUT2D eigenvalue weighted by Crippen LogP contribution is -2.47. The Hall–Kier alpha value is -2.14. The molecular weight excluding hydrogens is 336 g/mol. The van der Waals surface area contributed by atoms with Crippen molar-refractivity contribution >= 4 is 5.91 Å². The van der Waals surface area contributed by atoms with Crippen molar-refractivity contribution in [1.29, 1.82) is 0 Å². The van der Waals surface area contributed by atoms with E-state index in [1.807, 2.05) is 42.7 Å². The Morgan fingerprint density at radius 2 is 1.96 bits per heavy atom. The van der Waals surface area contributed by atoms with E-state index >= 15 is 0 Å². The number of hydrogen-bond acceptors (Lipinski definition) is 3. The van der Waals surface area contributed by atoms with Crippen molar-refractivity contribution < 1.29 is 4.79 Å². The number of piperidine rings is 1. The fraction of sp³-hybridized carbons (Fsp3) is 0.545. The quantitative estimate of drug-likeness (QED) is 0.877. The Kier molecular flexibility index (Phi) is 6.00. The van der Waals surface area contributed by atoms with Gasteiger partial charge in [0.2, 0.25) is 0 Å². The molecule has 1 saturated heterocycles. The maximum atomic E-state index is 12.9. The minimum absolute atomic E-state index is 0.00381. The first-order valence-electron chi connectivity index (χ1n) is 9.98. The third-order valence-corrected chi connectivity index (χ3v) is 5.41. The van der Waals surface area contributed by atoms with E-state index in [-0.39, 0.29) is 11.9 Å². The molecule has 3 unspecified atom stereocenters. The number of pyridine rings is 1. The van der Waals surface area contributed by atoms with Crippen molar-refractivity contribution in [3.63, 3.8) is 0 Å². The van der Waals surface area contributed by atoms with Gasteiger partial charge in [-0.15, -0.1) is 0 Å². The molecule has 1 fully saturated rings. The van der Waals surface area contributed by atoms with Crippen LogP contribution in [0.5, 0.6) is 0 Å². The van der Waals surface area contributed by atoms with E-state index in [1.165, 1.54) is 6.42 Å². The van der Waals surface area contributed by atoms with Crippen LogP contribution in [0.25, 0.3) is 5.82 Å². The second-order valence-electron chi connectivity index (χ2n) is 8.35. The maximum absolute atomic E-state index is 12.9. The second kappa shape index (κ2) is 8.26. The van der Waals surface area contributed by atoms with Crippen molar-refractivity contribution in [2.45, 2.75) is 47.1 Å². The minimum Gasteiger partial charge on any atom is -0.348 e. The van der Waals surface area contributed by atoms with Crippen LogP contribution in [-0.4, -0.2) is 46.0 Å². The molecule has 0 radical (unpaired) electrons. The van der Waals surface area contributed by atoms with E-state index in [1.54, 1.807) is 6.20 Å². The highest BCUT2D eigenvalue weighted by atomic mass is 16.1. The predicted octanol–water partition coefficient (Wildman–Crippen LogP) is 3.59. The standard InChI is InChI=1S/C22H32N4O/c1-15-10-16(2)13-25(12-15)14-17(3)24-22(27)20-11-18(4)26(19(20)5)21-8-6-7-9-23-21/h6-9,11,15-17H,10,12-14H2,1-5H3,(H,24,27). The molecule has 2 aromatic heterocycles. The molecule has 0 aromatic carbocycles. The second-order valence-corrected chi connectivity index (χ2v) is 8.35. The first-order valence-corrected chi connectivity index (χ1v) is 9.98. The lowest BCUT2D eigenvalue weighted by Gasteiger charge is -2.36. The Labute approximate surface area is 162 Å². The summed E-state index contributed by atoms with van der Waals surface area (Å²) in [5, 5.41) is 3.19. The first kappa shape index (κ1) is 19.6. The molecule has 0 bridgehead atoms. The minimum atomic E-state index is -0.00381. The molecule has 3 atom stereocenters. The van der Waals surface area contributed by atoms with Gasteiger partial charge < -0.3 is 14.8 Å². The van der Waals surface area contributed by atoms with Gasteiger partial charge in [0.25, 0.3) is 5.91 Å². The van der Waals surface area contributed by atoms with Gasteiger partial charge in [-0.2, -0.15) is 0 Å².